The van der Waals surface area contributed by atoms with Crippen molar-refractivity contribution in [2.75, 3.05) is 34.4 Å². The average Bonchev–Trinajstić information content (AvgIpc) is 3.13. The van der Waals surface area contributed by atoms with Crippen molar-refractivity contribution in [1.82, 2.24) is 13.5 Å². The molecule has 0 spiro atoms. The molecule has 246 valence electrons. The maximum Gasteiger partial charge on any atom is 0.166 e. The molecule has 7 aromatic rings. The van der Waals surface area contributed by atoms with Crippen molar-refractivity contribution in [3.8, 4) is 0 Å². The van der Waals surface area contributed by atoms with Gasteiger partial charge in [0.15, 0.2) is 25.5 Å². The van der Waals surface area contributed by atoms with Crippen LogP contribution in [0.2, 0.25) is 0 Å². The highest BCUT2D eigenvalue weighted by atomic mass is 31.1. The second-order valence-corrected chi connectivity index (χ2v) is 11.7. The van der Waals surface area contributed by atoms with Crippen LogP contribution in [0.15, 0.2) is 182 Å². The van der Waals surface area contributed by atoms with Crippen LogP contribution in [0.25, 0.3) is 0 Å². The minimum atomic E-state index is 0.822. The second kappa shape index (κ2) is 28.9. The lowest BCUT2D eigenvalue weighted by Gasteiger charge is -1.83. The Morgan fingerprint density at radius 2 is 0.354 bits per heavy atom. The lowest BCUT2D eigenvalue weighted by molar-refractivity contribution is 1.69. The van der Waals surface area contributed by atoms with Gasteiger partial charge in [0, 0.05) is 34.1 Å². The van der Waals surface area contributed by atoms with Crippen LogP contribution in [0.4, 0.5) is 34.1 Å². The van der Waals surface area contributed by atoms with E-state index in [0.29, 0.717) is 0 Å². The summed E-state index contributed by atoms with van der Waals surface area (Å²) in [7, 11) is 2.49. The molecule has 0 unspecified atom stereocenters. The number of nitrogens with two attached hydrogens (primary N) is 6. The number of benzene rings is 6. The fraction of sp³-hybridized carbons (Fsp3) is 0. The molecule has 1 aromatic heterocycles. The molecule has 0 radical (unpaired) electrons. The van der Waals surface area contributed by atoms with E-state index in [-0.39, 0.29) is 0 Å². The highest BCUT2D eigenvalue weighted by molar-refractivity contribution is 7.43. The van der Waals surface area contributed by atoms with Crippen molar-refractivity contribution in [3.05, 3.63) is 182 Å². The predicted octanol–water partition coefficient (Wildman–Crippen LogP) is 9.22. The summed E-state index contributed by atoms with van der Waals surface area (Å²) in [6.07, 6.45) is 0. The third-order valence-corrected chi connectivity index (χ3v) is 6.96. The van der Waals surface area contributed by atoms with Crippen LogP contribution >= 0.6 is 25.5 Å². The van der Waals surface area contributed by atoms with Crippen molar-refractivity contribution < 1.29 is 0 Å². The lowest BCUT2D eigenvalue weighted by atomic mass is 10.3. The number of hydrogen-bond donors (Lipinski definition) is 6. The quantitative estimate of drug-likeness (QED) is 0.0839. The fourth-order valence-corrected chi connectivity index (χ4v) is 4.65. The van der Waals surface area contributed by atoms with Gasteiger partial charge in [-0.3, -0.25) is 0 Å². The molecule has 0 fully saturated rings. The molecule has 0 atom stereocenters. The molecule has 0 bridgehead atoms. The Morgan fingerprint density at radius 1 is 0.229 bits per heavy atom. The number of aromatic nitrogens is 3. The van der Waals surface area contributed by atoms with E-state index in [9.17, 15) is 0 Å². The molecule has 48 heavy (non-hydrogen) atoms. The normalized spacial score (nSPS) is 9.00. The van der Waals surface area contributed by atoms with Crippen LogP contribution in [-0.4, -0.2) is 13.5 Å². The number of nitrogen functional groups attached to an aromatic ring is 6. The Bertz CT molecular complexity index is 1330. The molecule has 6 aromatic carbocycles. The predicted molar refractivity (Wildman–Crippen MR) is 212 cm³/mol. The van der Waals surface area contributed by atoms with Gasteiger partial charge < -0.3 is 34.4 Å². The summed E-state index contributed by atoms with van der Waals surface area (Å²) in [5.41, 5.74) is 37.1. The van der Waals surface area contributed by atoms with Crippen LogP contribution in [0.5, 0.6) is 0 Å². The summed E-state index contributed by atoms with van der Waals surface area (Å²) in [5.74, 6) is 0. The molecule has 12 N–H and O–H groups in total. The molecular formula is C36H42N9P3. The average molecular weight is 694 g/mol. The molecule has 12 heteroatoms. The first-order chi connectivity index (χ1) is 23.4. The summed E-state index contributed by atoms with van der Waals surface area (Å²) in [4.78, 5) is 0. The Balaban J connectivity index is 0.000000280. The van der Waals surface area contributed by atoms with Gasteiger partial charge in [-0.15, -0.1) is 0 Å². The number of rotatable bonds is 0. The molecule has 1 heterocycles. The van der Waals surface area contributed by atoms with Crippen molar-refractivity contribution in [2.24, 2.45) is 0 Å². The standard InChI is InChI=1S/6C6H7N.N3P3/c6*7-6-4-2-1-3-5-6;1-4-2-6-3-5-1/h6*1-5H,7H2;. The third-order valence-electron chi connectivity index (χ3n) is 5.04. The van der Waals surface area contributed by atoms with Gasteiger partial charge in [-0.05, 0) is 72.8 Å². The lowest BCUT2D eigenvalue weighted by Crippen LogP contribution is -1.79. The van der Waals surface area contributed by atoms with Gasteiger partial charge in [-0.2, -0.15) is 13.5 Å². The van der Waals surface area contributed by atoms with Crippen molar-refractivity contribution in [1.29, 1.82) is 0 Å². The first-order valence-electron chi connectivity index (χ1n) is 14.4. The molecule has 0 amide bonds. The molecule has 0 aliphatic heterocycles. The number of nitrogens with zero attached hydrogens (tertiary/aromatic N) is 3. The van der Waals surface area contributed by atoms with Crippen LogP contribution in [-0.2, 0) is 0 Å². The number of hydrogen-bond acceptors (Lipinski definition) is 9. The van der Waals surface area contributed by atoms with Gasteiger partial charge in [0.1, 0.15) is 0 Å². The molecular weight excluding hydrogens is 651 g/mol. The van der Waals surface area contributed by atoms with E-state index in [0.717, 1.165) is 59.7 Å². The number of anilines is 6. The smallest absolute Gasteiger partial charge is 0.166 e. The van der Waals surface area contributed by atoms with Gasteiger partial charge >= 0.3 is 0 Å². The molecule has 0 aliphatic carbocycles. The van der Waals surface area contributed by atoms with Crippen LogP contribution < -0.4 is 34.4 Å². The van der Waals surface area contributed by atoms with E-state index in [1.54, 1.807) is 0 Å². The summed E-state index contributed by atoms with van der Waals surface area (Å²) < 4.78 is 11.3. The van der Waals surface area contributed by atoms with Gasteiger partial charge in [0.2, 0.25) is 0 Å². The second-order valence-electron chi connectivity index (χ2n) is 9.00. The summed E-state index contributed by atoms with van der Waals surface area (Å²) in [6, 6.07) is 56.9. The van der Waals surface area contributed by atoms with Crippen LogP contribution in [0, 0.1) is 0 Å². The largest absolute Gasteiger partial charge is 0.399 e. The third kappa shape index (κ3) is 26.8. The highest BCUT2D eigenvalue weighted by Gasteiger charge is 1.75. The minimum absolute atomic E-state index is 0.822. The van der Waals surface area contributed by atoms with Crippen molar-refractivity contribution in [3.63, 3.8) is 0 Å². The first-order valence-corrected chi connectivity index (χ1v) is 16.8. The Morgan fingerprint density at radius 3 is 0.417 bits per heavy atom. The van der Waals surface area contributed by atoms with Crippen LogP contribution in [0.1, 0.15) is 0 Å². The highest BCUT2D eigenvalue weighted by Crippen LogP contribution is 2.02. The molecule has 7 rings (SSSR count). The summed E-state index contributed by atoms with van der Waals surface area (Å²) in [5, 5.41) is 0. The van der Waals surface area contributed by atoms with E-state index in [1.165, 1.54) is 0 Å². The van der Waals surface area contributed by atoms with Crippen molar-refractivity contribution in [2.45, 2.75) is 0 Å². The SMILES string of the molecule is Nc1ccccc1.Nc1ccccc1.Nc1ccccc1.Nc1ccccc1.Nc1ccccc1.Nc1ccccc1.n1pnpnp1. The van der Waals surface area contributed by atoms with Gasteiger partial charge in [0.25, 0.3) is 0 Å². The van der Waals surface area contributed by atoms with E-state index >= 15 is 0 Å². The zero-order valence-electron chi connectivity index (χ0n) is 26.5. The maximum atomic E-state index is 5.36. The monoisotopic (exact) mass is 693 g/mol. The first kappa shape index (κ1) is 40.4. The number of para-hydroxylation sites is 6. The maximum absolute atomic E-state index is 5.36. The zero-order valence-corrected chi connectivity index (χ0v) is 29.2. The summed E-state index contributed by atoms with van der Waals surface area (Å²) >= 11 is 0. The Labute approximate surface area is 288 Å². The van der Waals surface area contributed by atoms with E-state index in [2.05, 4.69) is 13.5 Å². The van der Waals surface area contributed by atoms with Crippen LogP contribution in [0.3, 0.4) is 0 Å². The molecule has 0 saturated heterocycles. The molecule has 9 nitrogen and oxygen atoms in total. The molecule has 0 saturated carbocycles. The van der Waals surface area contributed by atoms with E-state index in [4.69, 9.17) is 34.4 Å². The Hall–Kier alpha value is -5.58. The van der Waals surface area contributed by atoms with Gasteiger partial charge in [-0.1, -0.05) is 109 Å². The van der Waals surface area contributed by atoms with Crippen molar-refractivity contribution >= 4 is 59.7 Å². The summed E-state index contributed by atoms with van der Waals surface area (Å²) in [6.45, 7) is 0. The minimum Gasteiger partial charge on any atom is -0.399 e. The molecule has 0 aliphatic rings. The fourth-order valence-electron chi connectivity index (χ4n) is 2.83. The topological polar surface area (TPSA) is 195 Å². The zero-order chi connectivity index (χ0) is 34.9. The van der Waals surface area contributed by atoms with Gasteiger partial charge in [0.05, 0.1) is 0 Å². The van der Waals surface area contributed by atoms with E-state index < -0.39 is 0 Å². The Kier molecular flexibility index (Phi) is 24.3. The van der Waals surface area contributed by atoms with E-state index in [1.807, 2.05) is 182 Å². The van der Waals surface area contributed by atoms with Gasteiger partial charge in [-0.25, -0.2) is 0 Å².